The molecule has 0 fully saturated rings. The smallest absolute Gasteiger partial charge is 0.241 e. The molecule has 0 aliphatic rings. The average molecular weight is 534 g/mol. The maximum Gasteiger partial charge on any atom is 0.241 e. The SMILES string of the molecule is Cc1cccc(C(NC(=O)CN(c2ccc(I)cc2)S(C)(=O)=O)c2ccccc2)c1. The third kappa shape index (κ3) is 5.82. The molecule has 1 N–H and O–H groups in total. The van der Waals surface area contributed by atoms with E-state index >= 15 is 0 Å². The normalized spacial score (nSPS) is 12.2. The molecular weight excluding hydrogens is 511 g/mol. The summed E-state index contributed by atoms with van der Waals surface area (Å²) in [6, 6.07) is 24.2. The summed E-state index contributed by atoms with van der Waals surface area (Å²) in [6.07, 6.45) is 1.10. The molecule has 156 valence electrons. The lowest BCUT2D eigenvalue weighted by Crippen LogP contribution is -2.41. The molecule has 30 heavy (non-hydrogen) atoms. The van der Waals surface area contributed by atoms with Crippen LogP contribution in [-0.2, 0) is 14.8 Å². The van der Waals surface area contributed by atoms with Gasteiger partial charge in [0.05, 0.1) is 18.0 Å². The van der Waals surface area contributed by atoms with Crippen LogP contribution in [0.3, 0.4) is 0 Å². The minimum atomic E-state index is -3.63. The van der Waals surface area contributed by atoms with Crippen LogP contribution in [0.2, 0.25) is 0 Å². The second-order valence-corrected chi connectivity index (χ2v) is 10.2. The van der Waals surface area contributed by atoms with Gasteiger partial charge in [0.2, 0.25) is 15.9 Å². The Balaban J connectivity index is 1.88. The number of carbonyl (C=O) groups excluding carboxylic acids is 1. The largest absolute Gasteiger partial charge is 0.344 e. The lowest BCUT2D eigenvalue weighted by molar-refractivity contribution is -0.120. The number of amides is 1. The first-order valence-electron chi connectivity index (χ1n) is 9.38. The van der Waals surface area contributed by atoms with Crippen LogP contribution >= 0.6 is 22.6 Å². The van der Waals surface area contributed by atoms with E-state index in [1.807, 2.05) is 73.7 Å². The van der Waals surface area contributed by atoms with E-state index in [2.05, 4.69) is 27.9 Å². The van der Waals surface area contributed by atoms with Gasteiger partial charge in [0.25, 0.3) is 0 Å². The van der Waals surface area contributed by atoms with Gasteiger partial charge in [-0.2, -0.15) is 0 Å². The number of nitrogens with zero attached hydrogens (tertiary/aromatic N) is 1. The molecule has 0 bridgehead atoms. The second-order valence-electron chi connectivity index (χ2n) is 7.07. The molecule has 0 saturated carbocycles. The van der Waals surface area contributed by atoms with E-state index in [1.165, 1.54) is 0 Å². The number of aryl methyl sites for hydroxylation is 1. The fraction of sp³-hybridized carbons (Fsp3) is 0.174. The van der Waals surface area contributed by atoms with E-state index in [4.69, 9.17) is 0 Å². The van der Waals surface area contributed by atoms with Gasteiger partial charge in [-0.3, -0.25) is 9.10 Å². The van der Waals surface area contributed by atoms with Crippen LogP contribution in [-0.4, -0.2) is 27.1 Å². The molecule has 3 rings (SSSR count). The minimum absolute atomic E-state index is 0.297. The van der Waals surface area contributed by atoms with Gasteiger partial charge in [-0.15, -0.1) is 0 Å². The molecule has 0 aliphatic heterocycles. The first-order chi connectivity index (χ1) is 14.2. The maximum atomic E-state index is 13.0. The summed E-state index contributed by atoms with van der Waals surface area (Å²) in [5.41, 5.74) is 3.41. The lowest BCUT2D eigenvalue weighted by atomic mass is 9.97. The molecule has 3 aromatic carbocycles. The van der Waals surface area contributed by atoms with Gasteiger partial charge in [0, 0.05) is 3.57 Å². The summed E-state index contributed by atoms with van der Waals surface area (Å²) in [5, 5.41) is 3.01. The molecule has 0 aliphatic carbocycles. The number of carbonyl (C=O) groups is 1. The number of sulfonamides is 1. The molecule has 0 radical (unpaired) electrons. The van der Waals surface area contributed by atoms with Crippen molar-refractivity contribution in [2.75, 3.05) is 17.1 Å². The monoisotopic (exact) mass is 534 g/mol. The van der Waals surface area contributed by atoms with Crippen molar-refractivity contribution < 1.29 is 13.2 Å². The number of nitrogens with one attached hydrogen (secondary N) is 1. The van der Waals surface area contributed by atoms with E-state index in [-0.39, 0.29) is 18.5 Å². The standard InChI is InChI=1S/C23H23IN2O3S/c1-17-7-6-10-19(15-17)23(18-8-4-3-5-9-18)25-22(27)16-26(30(2,28)29)21-13-11-20(24)12-14-21/h3-15,23H,16H2,1-2H3,(H,25,27). The van der Waals surface area contributed by atoms with Crippen molar-refractivity contribution in [3.8, 4) is 0 Å². The van der Waals surface area contributed by atoms with Crippen LogP contribution in [0.1, 0.15) is 22.7 Å². The molecule has 0 spiro atoms. The number of anilines is 1. The lowest BCUT2D eigenvalue weighted by Gasteiger charge is -2.25. The molecule has 1 atom stereocenters. The molecule has 0 heterocycles. The predicted molar refractivity (Wildman–Crippen MR) is 129 cm³/mol. The van der Waals surface area contributed by atoms with E-state index in [9.17, 15) is 13.2 Å². The third-order valence-electron chi connectivity index (χ3n) is 4.62. The Hall–Kier alpha value is -2.39. The van der Waals surface area contributed by atoms with Gasteiger partial charge >= 0.3 is 0 Å². The van der Waals surface area contributed by atoms with Crippen molar-refractivity contribution in [3.63, 3.8) is 0 Å². The van der Waals surface area contributed by atoms with Crippen molar-refractivity contribution >= 4 is 44.2 Å². The number of halogens is 1. The molecule has 0 aromatic heterocycles. The van der Waals surface area contributed by atoms with Crippen molar-refractivity contribution in [3.05, 3.63) is 99.1 Å². The highest BCUT2D eigenvalue weighted by Gasteiger charge is 2.23. The fourth-order valence-electron chi connectivity index (χ4n) is 3.20. The Morgan fingerprint density at radius 2 is 1.60 bits per heavy atom. The van der Waals surface area contributed by atoms with E-state index in [0.717, 1.165) is 30.8 Å². The molecule has 5 nitrogen and oxygen atoms in total. The first kappa shape index (κ1) is 22.3. The van der Waals surface area contributed by atoms with Gasteiger partial charge in [0.1, 0.15) is 6.54 Å². The Morgan fingerprint density at radius 3 is 2.20 bits per heavy atom. The molecule has 0 saturated heterocycles. The van der Waals surface area contributed by atoms with Crippen molar-refractivity contribution in [1.82, 2.24) is 5.32 Å². The number of benzene rings is 3. The maximum absolute atomic E-state index is 13.0. The Labute approximate surface area is 191 Å². The van der Waals surface area contributed by atoms with Crippen LogP contribution in [0.15, 0.2) is 78.9 Å². The highest BCUT2D eigenvalue weighted by Crippen LogP contribution is 2.24. The molecule has 7 heteroatoms. The zero-order chi connectivity index (χ0) is 21.7. The summed E-state index contributed by atoms with van der Waals surface area (Å²) >= 11 is 2.15. The first-order valence-corrected chi connectivity index (χ1v) is 12.3. The average Bonchev–Trinajstić information content (AvgIpc) is 2.71. The van der Waals surface area contributed by atoms with Crippen molar-refractivity contribution in [1.29, 1.82) is 0 Å². The quantitative estimate of drug-likeness (QED) is 0.461. The highest BCUT2D eigenvalue weighted by atomic mass is 127. The van der Waals surface area contributed by atoms with Gasteiger partial charge in [-0.25, -0.2) is 8.42 Å². The second kappa shape index (κ2) is 9.61. The van der Waals surface area contributed by atoms with E-state index in [1.54, 1.807) is 12.1 Å². The van der Waals surface area contributed by atoms with Crippen LogP contribution in [0, 0.1) is 10.5 Å². The molecule has 3 aromatic rings. The number of rotatable bonds is 7. The van der Waals surface area contributed by atoms with Crippen LogP contribution in [0.25, 0.3) is 0 Å². The topological polar surface area (TPSA) is 66.5 Å². The Kier molecular flexibility index (Phi) is 7.14. The molecular formula is C23H23IN2O3S. The minimum Gasteiger partial charge on any atom is -0.344 e. The predicted octanol–water partition coefficient (Wildman–Crippen LogP) is 4.27. The zero-order valence-electron chi connectivity index (χ0n) is 16.7. The van der Waals surface area contributed by atoms with Crippen molar-refractivity contribution in [2.24, 2.45) is 0 Å². The van der Waals surface area contributed by atoms with E-state index < -0.39 is 10.0 Å². The summed E-state index contributed by atoms with van der Waals surface area (Å²) in [6.45, 7) is 1.70. The van der Waals surface area contributed by atoms with Gasteiger partial charge in [0.15, 0.2) is 0 Å². The third-order valence-corrected chi connectivity index (χ3v) is 6.48. The van der Waals surface area contributed by atoms with Gasteiger partial charge in [-0.05, 0) is 64.9 Å². The fourth-order valence-corrected chi connectivity index (χ4v) is 4.41. The summed E-state index contributed by atoms with van der Waals surface area (Å²) < 4.78 is 26.8. The Bertz CT molecular complexity index is 1120. The van der Waals surface area contributed by atoms with Crippen molar-refractivity contribution in [2.45, 2.75) is 13.0 Å². The van der Waals surface area contributed by atoms with Crippen LogP contribution in [0.5, 0.6) is 0 Å². The Morgan fingerprint density at radius 1 is 0.967 bits per heavy atom. The van der Waals surface area contributed by atoms with Crippen LogP contribution in [0.4, 0.5) is 5.69 Å². The van der Waals surface area contributed by atoms with Crippen LogP contribution < -0.4 is 9.62 Å². The van der Waals surface area contributed by atoms with Gasteiger partial charge < -0.3 is 5.32 Å². The number of hydrogen-bond acceptors (Lipinski definition) is 3. The summed E-state index contributed by atoms with van der Waals surface area (Å²) in [7, 11) is -3.63. The summed E-state index contributed by atoms with van der Waals surface area (Å²) in [5.74, 6) is -0.380. The van der Waals surface area contributed by atoms with Gasteiger partial charge in [-0.1, -0.05) is 60.2 Å². The highest BCUT2D eigenvalue weighted by molar-refractivity contribution is 14.1. The molecule has 1 amide bonds. The number of hydrogen-bond donors (Lipinski definition) is 1. The van der Waals surface area contributed by atoms with E-state index in [0.29, 0.717) is 5.69 Å². The molecule has 1 unspecified atom stereocenters. The zero-order valence-corrected chi connectivity index (χ0v) is 19.7. The summed E-state index contributed by atoms with van der Waals surface area (Å²) in [4.78, 5) is 13.0.